The van der Waals surface area contributed by atoms with Crippen molar-refractivity contribution in [3.8, 4) is 0 Å². The van der Waals surface area contributed by atoms with Gasteiger partial charge in [0, 0.05) is 6.04 Å². The van der Waals surface area contributed by atoms with Crippen molar-refractivity contribution in [1.82, 2.24) is 10.2 Å². The lowest BCUT2D eigenvalue weighted by atomic mass is 9.90. The molecule has 1 atom stereocenters. The van der Waals surface area contributed by atoms with Crippen molar-refractivity contribution in [1.29, 1.82) is 5.41 Å². The average molecular weight is 237 g/mol. The second kappa shape index (κ2) is 4.31. The topological polar surface area (TPSA) is 56.2 Å². The van der Waals surface area contributed by atoms with E-state index >= 15 is 0 Å². The van der Waals surface area contributed by atoms with E-state index in [0.29, 0.717) is 11.9 Å². The molecular formula is C13H23N3O. The monoisotopic (exact) mass is 237 g/mol. The van der Waals surface area contributed by atoms with Gasteiger partial charge in [0.1, 0.15) is 5.54 Å². The zero-order chi connectivity index (χ0) is 12.6. The highest BCUT2D eigenvalue weighted by Gasteiger charge is 2.48. The number of nitrogens with zero attached hydrogens (tertiary/aromatic N) is 1. The molecule has 2 aliphatic rings. The van der Waals surface area contributed by atoms with E-state index in [1.54, 1.807) is 4.90 Å². The maximum absolute atomic E-state index is 12.5. The first-order valence-corrected chi connectivity index (χ1v) is 6.64. The molecule has 0 aromatic heterocycles. The van der Waals surface area contributed by atoms with Crippen molar-refractivity contribution in [2.45, 2.75) is 64.5 Å². The molecular weight excluding hydrogens is 214 g/mol. The lowest BCUT2D eigenvalue weighted by molar-refractivity contribution is -0.132. The van der Waals surface area contributed by atoms with Gasteiger partial charge in [0.15, 0.2) is 5.96 Å². The Morgan fingerprint density at radius 2 is 2.06 bits per heavy atom. The van der Waals surface area contributed by atoms with Crippen molar-refractivity contribution in [2.75, 3.05) is 0 Å². The summed E-state index contributed by atoms with van der Waals surface area (Å²) in [6, 6.07) is 0.261. The third kappa shape index (κ3) is 2.17. The number of carbonyl (C=O) groups excluding carboxylic acids is 1. The van der Waals surface area contributed by atoms with Crippen LogP contribution in [0.15, 0.2) is 0 Å². The number of nitrogens with one attached hydrogen (secondary N) is 2. The van der Waals surface area contributed by atoms with Crippen LogP contribution in [0.3, 0.4) is 0 Å². The second-order valence-corrected chi connectivity index (χ2v) is 6.02. The maximum Gasteiger partial charge on any atom is 0.255 e. The number of carbonyl (C=O) groups is 1. The lowest BCUT2D eigenvalue weighted by Gasteiger charge is -2.26. The van der Waals surface area contributed by atoms with Crippen LogP contribution in [0.5, 0.6) is 0 Å². The van der Waals surface area contributed by atoms with E-state index in [1.807, 2.05) is 6.92 Å². The lowest BCUT2D eigenvalue weighted by Crippen LogP contribution is -2.46. The Balaban J connectivity index is 2.15. The van der Waals surface area contributed by atoms with E-state index in [9.17, 15) is 4.79 Å². The normalized spacial score (nSPS) is 30.5. The highest BCUT2D eigenvalue weighted by atomic mass is 16.2. The molecule has 2 rings (SSSR count). The fraction of sp³-hybridized carbons (Fsp3) is 0.846. The Morgan fingerprint density at radius 3 is 2.59 bits per heavy atom. The van der Waals surface area contributed by atoms with Crippen LogP contribution in [0.2, 0.25) is 0 Å². The van der Waals surface area contributed by atoms with Gasteiger partial charge >= 0.3 is 0 Å². The van der Waals surface area contributed by atoms with Gasteiger partial charge in [-0.3, -0.25) is 15.1 Å². The Labute approximate surface area is 103 Å². The fourth-order valence-electron chi connectivity index (χ4n) is 3.21. The molecule has 0 radical (unpaired) electrons. The van der Waals surface area contributed by atoms with E-state index in [2.05, 4.69) is 19.2 Å². The third-order valence-electron chi connectivity index (χ3n) is 3.83. The zero-order valence-electron chi connectivity index (χ0n) is 11.0. The van der Waals surface area contributed by atoms with Crippen LogP contribution in [-0.2, 0) is 4.79 Å². The van der Waals surface area contributed by atoms with Gasteiger partial charge in [0.25, 0.3) is 5.91 Å². The average Bonchev–Trinajstić information content (AvgIpc) is 2.74. The van der Waals surface area contributed by atoms with Crippen LogP contribution in [0.25, 0.3) is 0 Å². The minimum absolute atomic E-state index is 0.100. The summed E-state index contributed by atoms with van der Waals surface area (Å²) in [4.78, 5) is 14.2. The Hall–Kier alpha value is -1.06. The predicted octanol–water partition coefficient (Wildman–Crippen LogP) is 2.10. The quantitative estimate of drug-likeness (QED) is 0.789. The van der Waals surface area contributed by atoms with Gasteiger partial charge in [-0.1, -0.05) is 26.7 Å². The summed E-state index contributed by atoms with van der Waals surface area (Å²) in [6.45, 7) is 6.16. The van der Waals surface area contributed by atoms with Crippen LogP contribution in [0, 0.1) is 11.3 Å². The highest BCUT2D eigenvalue weighted by Crippen LogP contribution is 2.31. The summed E-state index contributed by atoms with van der Waals surface area (Å²) in [6.07, 6.45) is 5.25. The molecule has 2 N–H and O–H groups in total. The van der Waals surface area contributed by atoms with Crippen LogP contribution in [0.1, 0.15) is 52.9 Å². The van der Waals surface area contributed by atoms with Crippen LogP contribution in [0.4, 0.5) is 0 Å². The maximum atomic E-state index is 12.5. The second-order valence-electron chi connectivity index (χ2n) is 6.02. The van der Waals surface area contributed by atoms with E-state index in [1.165, 1.54) is 12.8 Å². The number of hydrogen-bond acceptors (Lipinski definition) is 2. The molecule has 17 heavy (non-hydrogen) atoms. The third-order valence-corrected chi connectivity index (χ3v) is 3.83. The molecule has 1 aliphatic carbocycles. The van der Waals surface area contributed by atoms with Crippen molar-refractivity contribution < 1.29 is 4.79 Å². The molecule has 0 bridgehead atoms. The Morgan fingerprint density at radius 1 is 1.47 bits per heavy atom. The minimum atomic E-state index is -0.562. The van der Waals surface area contributed by atoms with Gasteiger partial charge in [-0.25, -0.2) is 0 Å². The van der Waals surface area contributed by atoms with Gasteiger partial charge in [0.05, 0.1) is 0 Å². The fourth-order valence-corrected chi connectivity index (χ4v) is 3.21. The first-order valence-electron chi connectivity index (χ1n) is 6.64. The van der Waals surface area contributed by atoms with Crippen molar-refractivity contribution in [3.05, 3.63) is 0 Å². The van der Waals surface area contributed by atoms with Crippen molar-refractivity contribution in [2.24, 2.45) is 5.92 Å². The zero-order valence-corrected chi connectivity index (χ0v) is 11.0. The van der Waals surface area contributed by atoms with Crippen LogP contribution < -0.4 is 5.32 Å². The molecule has 1 saturated heterocycles. The van der Waals surface area contributed by atoms with Crippen molar-refractivity contribution in [3.63, 3.8) is 0 Å². The van der Waals surface area contributed by atoms with Crippen LogP contribution >= 0.6 is 0 Å². The SMILES string of the molecule is CC(C)CC1(C)NC(=N)N(C2CCCC2)C1=O. The molecule has 1 heterocycles. The smallest absolute Gasteiger partial charge is 0.255 e. The molecule has 0 spiro atoms. The summed E-state index contributed by atoms with van der Waals surface area (Å²) in [7, 11) is 0. The van der Waals surface area contributed by atoms with Gasteiger partial charge in [-0.15, -0.1) is 0 Å². The standard InChI is InChI=1S/C13H23N3O/c1-9(2)8-13(3)11(17)16(12(14)15-13)10-6-4-5-7-10/h9-10H,4-8H2,1-3H3,(H2,14,15). The van der Waals surface area contributed by atoms with Gasteiger partial charge in [-0.05, 0) is 32.1 Å². The number of hydrogen-bond donors (Lipinski definition) is 2. The van der Waals surface area contributed by atoms with Gasteiger partial charge in [0.2, 0.25) is 0 Å². The summed E-state index contributed by atoms with van der Waals surface area (Å²) in [5, 5.41) is 11.1. The summed E-state index contributed by atoms with van der Waals surface area (Å²) in [5.41, 5.74) is -0.562. The van der Waals surface area contributed by atoms with Gasteiger partial charge in [-0.2, -0.15) is 0 Å². The predicted molar refractivity (Wildman–Crippen MR) is 67.8 cm³/mol. The van der Waals surface area contributed by atoms with E-state index in [-0.39, 0.29) is 11.9 Å². The van der Waals surface area contributed by atoms with Gasteiger partial charge < -0.3 is 5.32 Å². The molecule has 0 aromatic carbocycles. The first-order chi connectivity index (χ1) is 7.94. The summed E-state index contributed by atoms with van der Waals surface area (Å²) >= 11 is 0. The molecule has 1 saturated carbocycles. The Kier molecular flexibility index (Phi) is 3.15. The van der Waals surface area contributed by atoms with E-state index < -0.39 is 5.54 Å². The molecule has 1 unspecified atom stereocenters. The molecule has 2 fully saturated rings. The summed E-state index contributed by atoms with van der Waals surface area (Å²) < 4.78 is 0. The van der Waals surface area contributed by atoms with E-state index in [0.717, 1.165) is 19.3 Å². The summed E-state index contributed by atoms with van der Waals surface area (Å²) in [5.74, 6) is 0.862. The number of guanidine groups is 1. The highest BCUT2D eigenvalue weighted by molar-refractivity contribution is 6.08. The molecule has 96 valence electrons. The molecule has 1 aliphatic heterocycles. The molecule has 0 aromatic rings. The first kappa shape index (κ1) is 12.4. The minimum Gasteiger partial charge on any atom is -0.342 e. The number of rotatable bonds is 3. The molecule has 1 amide bonds. The largest absolute Gasteiger partial charge is 0.342 e. The van der Waals surface area contributed by atoms with E-state index in [4.69, 9.17) is 5.41 Å². The van der Waals surface area contributed by atoms with Crippen molar-refractivity contribution >= 4 is 11.9 Å². The molecule has 4 nitrogen and oxygen atoms in total. The Bertz CT molecular complexity index is 334. The molecule has 4 heteroatoms. The number of amides is 1. The van der Waals surface area contributed by atoms with Crippen LogP contribution in [-0.4, -0.2) is 28.3 Å².